The van der Waals surface area contributed by atoms with Gasteiger partial charge in [0.15, 0.2) is 0 Å². The molecule has 94 valence electrons. The van der Waals surface area contributed by atoms with Gasteiger partial charge in [-0.3, -0.25) is 0 Å². The number of rotatable bonds is 2. The van der Waals surface area contributed by atoms with E-state index < -0.39 is 17.1 Å². The fraction of sp³-hybridized carbons (Fsp3) is 0.462. The van der Waals surface area contributed by atoms with Crippen LogP contribution in [0.3, 0.4) is 0 Å². The molecule has 0 aromatic heterocycles. The van der Waals surface area contributed by atoms with Crippen molar-refractivity contribution in [2.45, 2.75) is 38.8 Å². The maximum atomic E-state index is 12.0. The summed E-state index contributed by atoms with van der Waals surface area (Å²) in [6, 6.07) is 6.86. The number of ether oxygens (including phenoxy) is 1. The Balaban J connectivity index is 2.94. The average Bonchev–Trinajstić information content (AvgIpc) is 2.15. The Labute approximate surface area is 107 Å². The van der Waals surface area contributed by atoms with Crippen LogP contribution in [0.5, 0.6) is 0 Å². The third-order valence-electron chi connectivity index (χ3n) is 2.27. The normalized spacial score (nSPS) is 15.2. The van der Waals surface area contributed by atoms with Crippen LogP contribution < -0.4 is 5.73 Å². The van der Waals surface area contributed by atoms with Gasteiger partial charge in [-0.15, -0.1) is 0 Å². The number of esters is 1. The van der Waals surface area contributed by atoms with Gasteiger partial charge in [0, 0.05) is 5.02 Å². The Hall–Kier alpha value is -1.06. The first-order valence-corrected chi connectivity index (χ1v) is 5.79. The predicted molar refractivity (Wildman–Crippen MR) is 68.8 cm³/mol. The number of hydrogen-bond donors (Lipinski definition) is 1. The standard InChI is InChI=1S/C13H18ClNO2/c1-12(2,3)17-11(16)13(4,15)9-5-7-10(14)8-6-9/h5-8H,15H2,1-4H3/t13-/m1/s1. The summed E-state index contributed by atoms with van der Waals surface area (Å²) in [4.78, 5) is 12.0. The largest absolute Gasteiger partial charge is 0.458 e. The molecule has 17 heavy (non-hydrogen) atoms. The maximum absolute atomic E-state index is 12.0. The van der Waals surface area contributed by atoms with Crippen molar-refractivity contribution in [1.82, 2.24) is 0 Å². The summed E-state index contributed by atoms with van der Waals surface area (Å²) in [5.41, 5.74) is 4.98. The predicted octanol–water partition coefficient (Wildman–Crippen LogP) is 2.86. The number of carbonyl (C=O) groups excluding carboxylic acids is 1. The van der Waals surface area contributed by atoms with E-state index in [0.29, 0.717) is 10.6 Å². The Morgan fingerprint density at radius 3 is 2.06 bits per heavy atom. The highest BCUT2D eigenvalue weighted by Gasteiger charge is 2.34. The maximum Gasteiger partial charge on any atom is 0.331 e. The quantitative estimate of drug-likeness (QED) is 0.827. The molecule has 0 heterocycles. The Morgan fingerprint density at radius 2 is 1.65 bits per heavy atom. The Kier molecular flexibility index (Phi) is 3.84. The SMILES string of the molecule is CC(C)(C)OC(=O)[C@](C)(N)c1ccc(Cl)cc1. The number of nitrogens with two attached hydrogens (primary N) is 1. The van der Waals surface area contributed by atoms with Crippen LogP contribution >= 0.6 is 11.6 Å². The Bertz CT molecular complexity index is 404. The molecule has 0 aliphatic rings. The molecule has 0 bridgehead atoms. The van der Waals surface area contributed by atoms with E-state index in [2.05, 4.69) is 0 Å². The van der Waals surface area contributed by atoms with E-state index in [1.54, 1.807) is 31.2 Å². The van der Waals surface area contributed by atoms with Gasteiger partial charge < -0.3 is 10.5 Å². The third-order valence-corrected chi connectivity index (χ3v) is 2.52. The van der Waals surface area contributed by atoms with Crippen LogP contribution in [0.2, 0.25) is 5.02 Å². The van der Waals surface area contributed by atoms with E-state index in [4.69, 9.17) is 22.1 Å². The molecule has 0 radical (unpaired) electrons. The molecule has 2 N–H and O–H groups in total. The van der Waals surface area contributed by atoms with Gasteiger partial charge in [0.25, 0.3) is 0 Å². The molecule has 0 aliphatic carbocycles. The van der Waals surface area contributed by atoms with Crippen LogP contribution in [0.15, 0.2) is 24.3 Å². The molecule has 0 fully saturated rings. The van der Waals surface area contributed by atoms with Crippen molar-refractivity contribution in [3.05, 3.63) is 34.9 Å². The molecule has 3 nitrogen and oxygen atoms in total. The minimum atomic E-state index is -1.17. The fourth-order valence-corrected chi connectivity index (χ4v) is 1.42. The number of hydrogen-bond acceptors (Lipinski definition) is 3. The van der Waals surface area contributed by atoms with Crippen LogP contribution in [0, 0.1) is 0 Å². The zero-order valence-electron chi connectivity index (χ0n) is 10.6. The molecular weight excluding hydrogens is 238 g/mol. The summed E-state index contributed by atoms with van der Waals surface area (Å²) < 4.78 is 5.29. The lowest BCUT2D eigenvalue weighted by molar-refractivity contribution is -0.161. The number of carbonyl (C=O) groups is 1. The minimum Gasteiger partial charge on any atom is -0.458 e. The van der Waals surface area contributed by atoms with Crippen LogP contribution in [0.4, 0.5) is 0 Å². The number of benzene rings is 1. The van der Waals surface area contributed by atoms with E-state index in [1.807, 2.05) is 20.8 Å². The van der Waals surface area contributed by atoms with Gasteiger partial charge in [-0.2, -0.15) is 0 Å². The van der Waals surface area contributed by atoms with Crippen molar-refractivity contribution in [2.75, 3.05) is 0 Å². The molecule has 1 aromatic rings. The number of halogens is 1. The lowest BCUT2D eigenvalue weighted by Crippen LogP contribution is -2.45. The molecule has 1 aromatic carbocycles. The van der Waals surface area contributed by atoms with E-state index >= 15 is 0 Å². The van der Waals surface area contributed by atoms with Crippen molar-refractivity contribution >= 4 is 17.6 Å². The summed E-state index contributed by atoms with van der Waals surface area (Å²) in [5.74, 6) is -0.452. The topological polar surface area (TPSA) is 52.3 Å². The van der Waals surface area contributed by atoms with Crippen molar-refractivity contribution in [2.24, 2.45) is 5.73 Å². The van der Waals surface area contributed by atoms with Gasteiger partial charge in [0.1, 0.15) is 11.1 Å². The molecule has 0 saturated carbocycles. The van der Waals surface area contributed by atoms with Gasteiger partial charge in [0.05, 0.1) is 0 Å². The second-order valence-electron chi connectivity index (χ2n) is 5.21. The lowest BCUT2D eigenvalue weighted by Gasteiger charge is -2.28. The first kappa shape index (κ1) is 14.0. The van der Waals surface area contributed by atoms with Crippen LogP contribution in [0.25, 0.3) is 0 Å². The van der Waals surface area contributed by atoms with Crippen LogP contribution in [-0.2, 0) is 15.1 Å². The molecule has 0 spiro atoms. The lowest BCUT2D eigenvalue weighted by atomic mass is 9.93. The summed E-state index contributed by atoms with van der Waals surface area (Å²) >= 11 is 5.79. The third kappa shape index (κ3) is 3.72. The highest BCUT2D eigenvalue weighted by molar-refractivity contribution is 6.30. The van der Waals surface area contributed by atoms with Crippen LogP contribution in [-0.4, -0.2) is 11.6 Å². The zero-order valence-corrected chi connectivity index (χ0v) is 11.3. The molecule has 0 amide bonds. The minimum absolute atomic E-state index is 0.452. The molecule has 0 aliphatic heterocycles. The van der Waals surface area contributed by atoms with Gasteiger partial charge in [0.2, 0.25) is 0 Å². The summed E-state index contributed by atoms with van der Waals surface area (Å²) in [5, 5.41) is 0.605. The molecule has 4 heteroatoms. The fourth-order valence-electron chi connectivity index (χ4n) is 1.30. The van der Waals surface area contributed by atoms with Crippen LogP contribution in [0.1, 0.15) is 33.3 Å². The van der Waals surface area contributed by atoms with Gasteiger partial charge in [-0.05, 0) is 45.4 Å². The molecule has 1 rings (SSSR count). The summed E-state index contributed by atoms with van der Waals surface area (Å²) in [6.45, 7) is 7.05. The highest BCUT2D eigenvalue weighted by Crippen LogP contribution is 2.23. The molecule has 0 saturated heterocycles. The van der Waals surface area contributed by atoms with Gasteiger partial charge in [-0.25, -0.2) is 4.79 Å². The molecule has 0 unspecified atom stereocenters. The molecular formula is C13H18ClNO2. The summed E-state index contributed by atoms with van der Waals surface area (Å²) in [6.07, 6.45) is 0. The molecule has 1 atom stereocenters. The first-order chi connectivity index (χ1) is 7.63. The van der Waals surface area contributed by atoms with Crippen molar-refractivity contribution in [3.8, 4) is 0 Å². The second kappa shape index (κ2) is 4.67. The Morgan fingerprint density at radius 1 is 1.18 bits per heavy atom. The smallest absolute Gasteiger partial charge is 0.331 e. The second-order valence-corrected chi connectivity index (χ2v) is 5.65. The van der Waals surface area contributed by atoms with E-state index in [-0.39, 0.29) is 0 Å². The monoisotopic (exact) mass is 255 g/mol. The van der Waals surface area contributed by atoms with E-state index in [0.717, 1.165) is 0 Å². The zero-order chi connectivity index (χ0) is 13.3. The van der Waals surface area contributed by atoms with Crippen molar-refractivity contribution in [1.29, 1.82) is 0 Å². The summed E-state index contributed by atoms with van der Waals surface area (Å²) in [7, 11) is 0. The van der Waals surface area contributed by atoms with Crippen molar-refractivity contribution in [3.63, 3.8) is 0 Å². The van der Waals surface area contributed by atoms with Crippen molar-refractivity contribution < 1.29 is 9.53 Å². The van der Waals surface area contributed by atoms with Gasteiger partial charge >= 0.3 is 5.97 Å². The van der Waals surface area contributed by atoms with E-state index in [9.17, 15) is 4.79 Å². The first-order valence-electron chi connectivity index (χ1n) is 5.41. The average molecular weight is 256 g/mol. The van der Waals surface area contributed by atoms with E-state index in [1.165, 1.54) is 0 Å². The highest BCUT2D eigenvalue weighted by atomic mass is 35.5. The van der Waals surface area contributed by atoms with Gasteiger partial charge in [-0.1, -0.05) is 23.7 Å².